The summed E-state index contributed by atoms with van der Waals surface area (Å²) in [7, 11) is 1.58. The third kappa shape index (κ3) is 4.34. The van der Waals surface area contributed by atoms with Gasteiger partial charge in [0.05, 0.1) is 28.3 Å². The molecule has 4 N–H and O–H groups in total. The number of aromatic nitrogens is 2. The topological polar surface area (TPSA) is 96.3 Å². The van der Waals surface area contributed by atoms with Crippen LogP contribution in [-0.4, -0.2) is 42.1 Å². The van der Waals surface area contributed by atoms with Gasteiger partial charge in [-0.15, -0.1) is 12.4 Å². The number of nitrogens with zero attached hydrogens (tertiary/aromatic N) is 2. The van der Waals surface area contributed by atoms with Gasteiger partial charge >= 0.3 is 0 Å². The second kappa shape index (κ2) is 9.02. The van der Waals surface area contributed by atoms with Crippen molar-refractivity contribution in [2.45, 2.75) is 18.9 Å². The van der Waals surface area contributed by atoms with Gasteiger partial charge in [0.15, 0.2) is 0 Å². The fourth-order valence-electron chi connectivity index (χ4n) is 3.64. The summed E-state index contributed by atoms with van der Waals surface area (Å²) in [5.41, 5.74) is 9.13. The molecule has 3 heterocycles. The van der Waals surface area contributed by atoms with Crippen LogP contribution in [0.25, 0.3) is 11.0 Å². The van der Waals surface area contributed by atoms with E-state index in [1.54, 1.807) is 43.8 Å². The fourth-order valence-corrected chi connectivity index (χ4v) is 4.19. The normalized spacial score (nSPS) is 16.4. The predicted molar refractivity (Wildman–Crippen MR) is 121 cm³/mol. The van der Waals surface area contributed by atoms with Crippen molar-refractivity contribution in [2.24, 2.45) is 5.73 Å². The van der Waals surface area contributed by atoms with Crippen LogP contribution in [0.1, 0.15) is 23.2 Å². The van der Waals surface area contributed by atoms with Crippen LogP contribution < -0.4 is 20.7 Å². The molecule has 2 aromatic heterocycles. The van der Waals surface area contributed by atoms with Gasteiger partial charge in [0.25, 0.3) is 5.91 Å². The molecule has 1 aliphatic rings. The Balaban J connectivity index is 0.00000240. The molecule has 4 rings (SSSR count). The highest BCUT2D eigenvalue weighted by Crippen LogP contribution is 2.39. The van der Waals surface area contributed by atoms with Crippen LogP contribution in [-0.2, 0) is 0 Å². The van der Waals surface area contributed by atoms with Crippen LogP contribution in [0.15, 0.2) is 41.1 Å². The molecule has 1 fully saturated rings. The van der Waals surface area contributed by atoms with Gasteiger partial charge < -0.3 is 25.7 Å². The van der Waals surface area contributed by atoms with Crippen molar-refractivity contribution in [1.29, 1.82) is 0 Å². The van der Waals surface area contributed by atoms with Gasteiger partial charge in [-0.05, 0) is 47.0 Å². The van der Waals surface area contributed by atoms with Crippen molar-refractivity contribution in [1.82, 2.24) is 9.97 Å². The number of piperidine rings is 1. The summed E-state index contributed by atoms with van der Waals surface area (Å²) in [6.07, 6.45) is 5.61. The first kappa shape index (κ1) is 21.4. The molecule has 1 aromatic carbocycles. The summed E-state index contributed by atoms with van der Waals surface area (Å²) >= 11 is 3.63. The number of aromatic amines is 1. The van der Waals surface area contributed by atoms with Gasteiger partial charge in [0.1, 0.15) is 11.4 Å². The monoisotopic (exact) mass is 479 g/mol. The molecule has 0 spiro atoms. The van der Waals surface area contributed by atoms with Gasteiger partial charge in [-0.2, -0.15) is 0 Å². The highest BCUT2D eigenvalue weighted by atomic mass is 79.9. The molecule has 0 aliphatic carbocycles. The highest BCUT2D eigenvalue weighted by molar-refractivity contribution is 9.10. The number of amides is 1. The lowest BCUT2D eigenvalue weighted by atomic mass is 10.1. The first-order valence-electron chi connectivity index (χ1n) is 9.18. The van der Waals surface area contributed by atoms with Gasteiger partial charge in [-0.1, -0.05) is 6.07 Å². The van der Waals surface area contributed by atoms with Crippen molar-refractivity contribution in [3.05, 3.63) is 46.7 Å². The minimum absolute atomic E-state index is 0. The van der Waals surface area contributed by atoms with Crippen LogP contribution in [0.4, 0.5) is 11.4 Å². The molecule has 154 valence electrons. The van der Waals surface area contributed by atoms with E-state index < -0.39 is 0 Å². The summed E-state index contributed by atoms with van der Waals surface area (Å²) in [5, 5.41) is 3.88. The molecule has 0 saturated carbocycles. The van der Waals surface area contributed by atoms with Crippen LogP contribution >= 0.6 is 28.3 Å². The molecular weight excluding hydrogens is 458 g/mol. The molecule has 0 bridgehead atoms. The second-order valence-corrected chi connectivity index (χ2v) is 7.77. The fraction of sp³-hybridized carbons (Fsp3) is 0.300. The molecule has 0 radical (unpaired) electrons. The number of methoxy groups -OCH3 is 1. The van der Waals surface area contributed by atoms with E-state index in [0.717, 1.165) is 47.1 Å². The average molecular weight is 481 g/mol. The average Bonchev–Trinajstić information content (AvgIpc) is 3.10. The first-order valence-corrected chi connectivity index (χ1v) is 9.97. The predicted octanol–water partition coefficient (Wildman–Crippen LogP) is 3.94. The van der Waals surface area contributed by atoms with E-state index in [1.807, 2.05) is 0 Å². The largest absolute Gasteiger partial charge is 0.497 e. The first-order chi connectivity index (χ1) is 13.6. The summed E-state index contributed by atoms with van der Waals surface area (Å²) < 4.78 is 6.09. The maximum absolute atomic E-state index is 12.8. The van der Waals surface area contributed by atoms with Crippen LogP contribution in [0, 0.1) is 0 Å². The number of carbonyl (C=O) groups excluding carboxylic acids is 1. The van der Waals surface area contributed by atoms with Crippen molar-refractivity contribution in [3.8, 4) is 5.75 Å². The number of hydrogen-bond donors (Lipinski definition) is 3. The zero-order chi connectivity index (χ0) is 19.7. The summed E-state index contributed by atoms with van der Waals surface area (Å²) in [4.78, 5) is 22.7. The Morgan fingerprint density at radius 1 is 1.45 bits per heavy atom. The lowest BCUT2D eigenvalue weighted by molar-refractivity contribution is 0.102. The number of hydrogen-bond acceptors (Lipinski definition) is 5. The number of anilines is 2. The third-order valence-electron chi connectivity index (χ3n) is 4.98. The molecule has 1 amide bonds. The number of H-pyrrole nitrogens is 1. The van der Waals surface area contributed by atoms with Crippen molar-refractivity contribution < 1.29 is 9.53 Å². The van der Waals surface area contributed by atoms with E-state index in [1.165, 1.54) is 0 Å². The Labute approximate surface area is 183 Å². The molecule has 7 nitrogen and oxygen atoms in total. The SMILES string of the molecule is COc1cccc(C(=O)Nc2c[nH]c3ncc(Br)c(N4CCC[C@@H](N)C4)c23)c1.Cl. The molecular formula is C20H23BrClN5O2. The molecule has 9 heteroatoms. The van der Waals surface area contributed by atoms with Gasteiger partial charge in [-0.3, -0.25) is 4.79 Å². The minimum atomic E-state index is -0.207. The van der Waals surface area contributed by atoms with E-state index in [-0.39, 0.29) is 24.4 Å². The number of nitrogens with one attached hydrogen (secondary N) is 2. The van der Waals surface area contributed by atoms with Crippen LogP contribution in [0.2, 0.25) is 0 Å². The third-order valence-corrected chi connectivity index (χ3v) is 5.56. The Morgan fingerprint density at radius 3 is 3.03 bits per heavy atom. The lowest BCUT2D eigenvalue weighted by Gasteiger charge is -2.33. The molecule has 0 unspecified atom stereocenters. The van der Waals surface area contributed by atoms with Gasteiger partial charge in [-0.25, -0.2) is 4.98 Å². The number of pyridine rings is 1. The zero-order valence-corrected chi connectivity index (χ0v) is 18.3. The van der Waals surface area contributed by atoms with Gasteiger partial charge in [0, 0.05) is 37.1 Å². The number of fused-ring (bicyclic) bond motifs is 1. The maximum Gasteiger partial charge on any atom is 0.255 e. The smallest absolute Gasteiger partial charge is 0.255 e. The molecule has 1 aliphatic heterocycles. The van der Waals surface area contributed by atoms with E-state index >= 15 is 0 Å². The number of carbonyl (C=O) groups is 1. The Hall–Kier alpha value is -2.29. The number of rotatable bonds is 4. The number of nitrogens with two attached hydrogens (primary N) is 1. The number of ether oxygens (including phenoxy) is 1. The summed E-state index contributed by atoms with van der Waals surface area (Å²) in [5.74, 6) is 0.431. The van der Waals surface area contributed by atoms with Gasteiger partial charge in [0.2, 0.25) is 0 Å². The Bertz CT molecular complexity index is 1030. The highest BCUT2D eigenvalue weighted by Gasteiger charge is 2.24. The summed E-state index contributed by atoms with van der Waals surface area (Å²) in [6, 6.07) is 7.20. The lowest BCUT2D eigenvalue weighted by Crippen LogP contribution is -2.43. The van der Waals surface area contributed by atoms with Crippen LogP contribution in [0.5, 0.6) is 5.75 Å². The minimum Gasteiger partial charge on any atom is -0.497 e. The molecule has 3 aromatic rings. The standard InChI is InChI=1S/C20H22BrN5O2.ClH/c1-28-14-6-2-4-12(8-14)20(27)25-16-10-24-19-17(16)18(15(21)9-23-19)26-7-3-5-13(22)11-26;/h2,4,6,8-10,13H,3,5,7,11,22H2,1H3,(H,23,24)(H,25,27);1H/t13-;/m1./s1. The van der Waals surface area contributed by atoms with Crippen molar-refractivity contribution in [3.63, 3.8) is 0 Å². The van der Waals surface area contributed by atoms with E-state index in [2.05, 4.69) is 36.1 Å². The van der Waals surface area contributed by atoms with Crippen molar-refractivity contribution >= 4 is 56.7 Å². The quantitative estimate of drug-likeness (QED) is 0.526. The Morgan fingerprint density at radius 2 is 2.28 bits per heavy atom. The Kier molecular flexibility index (Phi) is 6.66. The number of halogens is 2. The summed E-state index contributed by atoms with van der Waals surface area (Å²) in [6.45, 7) is 1.69. The zero-order valence-electron chi connectivity index (χ0n) is 15.9. The van der Waals surface area contributed by atoms with E-state index in [4.69, 9.17) is 10.5 Å². The van der Waals surface area contributed by atoms with Crippen molar-refractivity contribution in [2.75, 3.05) is 30.4 Å². The number of benzene rings is 1. The van der Waals surface area contributed by atoms with Crippen LogP contribution in [0.3, 0.4) is 0 Å². The molecule has 1 saturated heterocycles. The second-order valence-electron chi connectivity index (χ2n) is 6.92. The molecule has 1 atom stereocenters. The van der Waals surface area contributed by atoms with E-state index in [0.29, 0.717) is 17.0 Å². The molecule has 29 heavy (non-hydrogen) atoms. The van der Waals surface area contributed by atoms with E-state index in [9.17, 15) is 4.79 Å². The maximum atomic E-state index is 12.8.